The van der Waals surface area contributed by atoms with E-state index in [-0.39, 0.29) is 41.6 Å². The average Bonchev–Trinajstić information content (AvgIpc) is 2.96. The number of carboxylic acid groups (broad SMARTS) is 1. The van der Waals surface area contributed by atoms with Crippen LogP contribution >= 0.6 is 11.6 Å². The second-order valence-electron chi connectivity index (χ2n) is 7.44. The lowest BCUT2D eigenvalue weighted by atomic mass is 9.83. The normalized spacial score (nSPS) is 15.2. The van der Waals surface area contributed by atoms with Crippen LogP contribution in [0.3, 0.4) is 0 Å². The van der Waals surface area contributed by atoms with Gasteiger partial charge in [-0.05, 0) is 44.2 Å². The van der Waals surface area contributed by atoms with Crippen LogP contribution in [0.5, 0.6) is 5.75 Å². The largest absolute Gasteiger partial charge is 0.505 e. The minimum Gasteiger partial charge on any atom is -0.505 e. The molecule has 1 aromatic carbocycles. The number of H-pyrrole nitrogens is 1. The molecule has 1 saturated carbocycles. The number of aromatic amines is 1. The van der Waals surface area contributed by atoms with Gasteiger partial charge in [-0.2, -0.15) is 0 Å². The number of hydrogen-bond acceptors (Lipinski definition) is 5. The maximum absolute atomic E-state index is 12.5. The molecule has 0 unspecified atom stereocenters. The number of benzene rings is 1. The zero-order valence-corrected chi connectivity index (χ0v) is 17.1. The van der Waals surface area contributed by atoms with Crippen LogP contribution in [0.1, 0.15) is 62.1 Å². The summed E-state index contributed by atoms with van der Waals surface area (Å²) < 4.78 is 1.32. The predicted octanol–water partition coefficient (Wildman–Crippen LogP) is 5.17. The molecule has 29 heavy (non-hydrogen) atoms. The lowest BCUT2D eigenvalue weighted by molar-refractivity contribution is -0.137. The zero-order valence-electron chi connectivity index (χ0n) is 16.3. The highest BCUT2D eigenvalue weighted by Crippen LogP contribution is 2.43. The second-order valence-corrected chi connectivity index (χ2v) is 7.87. The Kier molecular flexibility index (Phi) is 6.74. The number of rotatable bonds is 7. The van der Waals surface area contributed by atoms with E-state index >= 15 is 0 Å². The van der Waals surface area contributed by atoms with E-state index in [9.17, 15) is 14.7 Å². The number of halogens is 1. The van der Waals surface area contributed by atoms with Crippen molar-refractivity contribution in [3.8, 4) is 5.75 Å². The molecule has 9 heteroatoms. The van der Waals surface area contributed by atoms with Gasteiger partial charge in [-0.25, -0.2) is 0 Å². The SMILES string of the molecule is Cc1[nH]n(CCCC(=O)O)c(=O)c1N=Nc1cc(Cl)cc(C2CCCCC2)c1O. The number of aromatic nitrogens is 2. The minimum atomic E-state index is -0.911. The monoisotopic (exact) mass is 420 g/mol. The summed E-state index contributed by atoms with van der Waals surface area (Å²) in [6, 6.07) is 3.31. The van der Waals surface area contributed by atoms with Gasteiger partial charge in [0.1, 0.15) is 11.4 Å². The Morgan fingerprint density at radius 2 is 2.00 bits per heavy atom. The quantitative estimate of drug-likeness (QED) is 0.535. The molecule has 0 atom stereocenters. The van der Waals surface area contributed by atoms with Crippen molar-refractivity contribution in [3.05, 3.63) is 38.8 Å². The van der Waals surface area contributed by atoms with Crippen LogP contribution in [0.4, 0.5) is 11.4 Å². The highest BCUT2D eigenvalue weighted by molar-refractivity contribution is 6.31. The Labute approximate surface area is 173 Å². The van der Waals surface area contributed by atoms with Gasteiger partial charge in [0, 0.05) is 23.6 Å². The van der Waals surface area contributed by atoms with Crippen molar-refractivity contribution in [3.63, 3.8) is 0 Å². The average molecular weight is 421 g/mol. The summed E-state index contributed by atoms with van der Waals surface area (Å²) in [5, 5.41) is 30.9. The number of aliphatic carboxylic acids is 1. The van der Waals surface area contributed by atoms with Crippen LogP contribution in [0.15, 0.2) is 27.2 Å². The Morgan fingerprint density at radius 3 is 2.69 bits per heavy atom. The van der Waals surface area contributed by atoms with Gasteiger partial charge >= 0.3 is 5.97 Å². The number of carbonyl (C=O) groups is 1. The summed E-state index contributed by atoms with van der Waals surface area (Å²) in [7, 11) is 0. The van der Waals surface area contributed by atoms with Crippen LogP contribution in [0.2, 0.25) is 5.02 Å². The lowest BCUT2D eigenvalue weighted by Crippen LogP contribution is -2.17. The van der Waals surface area contributed by atoms with Gasteiger partial charge in [0.25, 0.3) is 5.56 Å². The van der Waals surface area contributed by atoms with E-state index in [1.165, 1.54) is 17.2 Å². The molecule has 1 heterocycles. The van der Waals surface area contributed by atoms with Crippen molar-refractivity contribution in [2.45, 2.75) is 64.3 Å². The topological polar surface area (TPSA) is 120 Å². The van der Waals surface area contributed by atoms with E-state index in [4.69, 9.17) is 16.7 Å². The van der Waals surface area contributed by atoms with Crippen molar-refractivity contribution >= 4 is 28.9 Å². The number of hydrogen-bond donors (Lipinski definition) is 3. The van der Waals surface area contributed by atoms with Crippen LogP contribution in [0.25, 0.3) is 0 Å². The van der Waals surface area contributed by atoms with E-state index in [0.29, 0.717) is 17.1 Å². The summed E-state index contributed by atoms with van der Waals surface area (Å²) in [5.74, 6) is -0.608. The Bertz CT molecular complexity index is 974. The molecule has 0 amide bonds. The highest BCUT2D eigenvalue weighted by Gasteiger charge is 2.21. The third-order valence-electron chi connectivity index (χ3n) is 5.26. The molecular formula is C20H25ClN4O4. The van der Waals surface area contributed by atoms with E-state index in [0.717, 1.165) is 31.2 Å². The van der Waals surface area contributed by atoms with E-state index < -0.39 is 5.97 Å². The summed E-state index contributed by atoms with van der Waals surface area (Å²) >= 11 is 6.24. The molecular weight excluding hydrogens is 396 g/mol. The lowest BCUT2D eigenvalue weighted by Gasteiger charge is -2.23. The first-order chi connectivity index (χ1) is 13.9. The first-order valence-corrected chi connectivity index (χ1v) is 10.2. The molecule has 0 saturated heterocycles. The van der Waals surface area contributed by atoms with Crippen molar-refractivity contribution in [2.75, 3.05) is 0 Å². The standard InChI is InChI=1S/C20H25ClN4O4/c1-12-18(20(29)25(24-12)9-5-8-17(26)27)23-22-16-11-14(21)10-15(19(16)28)13-6-3-2-4-7-13/h10-11,13,24,28H,2-9H2,1H3,(H,26,27). The zero-order chi connectivity index (χ0) is 21.0. The molecule has 1 aromatic heterocycles. The minimum absolute atomic E-state index is 0.0261. The van der Waals surface area contributed by atoms with Gasteiger partial charge in [0.05, 0.1) is 5.69 Å². The van der Waals surface area contributed by atoms with Gasteiger partial charge < -0.3 is 10.2 Å². The molecule has 156 valence electrons. The fourth-order valence-electron chi connectivity index (χ4n) is 3.77. The molecule has 1 aliphatic carbocycles. The highest BCUT2D eigenvalue weighted by atomic mass is 35.5. The fourth-order valence-corrected chi connectivity index (χ4v) is 3.99. The molecule has 8 nitrogen and oxygen atoms in total. The molecule has 0 spiro atoms. The van der Waals surface area contributed by atoms with Gasteiger partial charge in [-0.15, -0.1) is 10.2 Å². The molecule has 2 aromatic rings. The number of azo groups is 1. The third kappa shape index (κ3) is 5.06. The number of aryl methyl sites for hydroxylation is 2. The number of nitrogens with one attached hydrogen (secondary N) is 1. The molecule has 1 aliphatic rings. The molecule has 3 rings (SSSR count). The van der Waals surface area contributed by atoms with Crippen LogP contribution in [-0.2, 0) is 11.3 Å². The van der Waals surface area contributed by atoms with Crippen molar-refractivity contribution in [2.24, 2.45) is 10.2 Å². The molecule has 0 aliphatic heterocycles. The molecule has 1 fully saturated rings. The summed E-state index contributed by atoms with van der Waals surface area (Å²) in [4.78, 5) is 23.1. The van der Waals surface area contributed by atoms with Gasteiger partial charge in [-0.1, -0.05) is 30.9 Å². The van der Waals surface area contributed by atoms with Crippen molar-refractivity contribution in [1.29, 1.82) is 0 Å². The molecule has 0 bridgehead atoms. The predicted molar refractivity (Wildman–Crippen MR) is 110 cm³/mol. The van der Waals surface area contributed by atoms with E-state index in [2.05, 4.69) is 15.3 Å². The van der Waals surface area contributed by atoms with Crippen LogP contribution in [-0.4, -0.2) is 26.0 Å². The number of aromatic hydroxyl groups is 1. The first kappa shape index (κ1) is 21.1. The van der Waals surface area contributed by atoms with Gasteiger partial charge in [0.2, 0.25) is 0 Å². The fraction of sp³-hybridized carbons (Fsp3) is 0.500. The number of carboxylic acids is 1. The first-order valence-electron chi connectivity index (χ1n) is 9.82. The van der Waals surface area contributed by atoms with Crippen LogP contribution in [0, 0.1) is 6.92 Å². The van der Waals surface area contributed by atoms with E-state index in [1.54, 1.807) is 13.0 Å². The summed E-state index contributed by atoms with van der Waals surface area (Å²) in [6.07, 6.45) is 5.75. The summed E-state index contributed by atoms with van der Waals surface area (Å²) in [5.41, 5.74) is 1.27. The number of phenols is 1. The van der Waals surface area contributed by atoms with Crippen molar-refractivity contribution < 1.29 is 15.0 Å². The molecule has 3 N–H and O–H groups in total. The number of phenolic OH excluding ortho intramolecular Hbond substituents is 1. The van der Waals surface area contributed by atoms with Crippen molar-refractivity contribution in [1.82, 2.24) is 9.78 Å². The smallest absolute Gasteiger partial charge is 0.303 e. The number of nitrogens with zero attached hydrogens (tertiary/aromatic N) is 3. The molecule has 0 radical (unpaired) electrons. The van der Waals surface area contributed by atoms with Gasteiger partial charge in [-0.3, -0.25) is 19.4 Å². The Balaban J connectivity index is 1.84. The Hall–Kier alpha value is -2.61. The van der Waals surface area contributed by atoms with E-state index in [1.807, 2.05) is 0 Å². The van der Waals surface area contributed by atoms with Crippen LogP contribution < -0.4 is 5.56 Å². The third-order valence-corrected chi connectivity index (χ3v) is 5.48. The second kappa shape index (κ2) is 9.26. The maximum atomic E-state index is 12.5. The maximum Gasteiger partial charge on any atom is 0.303 e. The summed E-state index contributed by atoms with van der Waals surface area (Å²) in [6.45, 7) is 1.93. The Morgan fingerprint density at radius 1 is 1.28 bits per heavy atom. The van der Waals surface area contributed by atoms with Gasteiger partial charge in [0.15, 0.2) is 5.69 Å².